The number of hydrogen-bond donors (Lipinski definition) is 1. The Morgan fingerprint density at radius 3 is 2.26 bits per heavy atom. The zero-order chi connectivity index (χ0) is 25.2. The highest BCUT2D eigenvalue weighted by Crippen LogP contribution is 2.50. The fraction of sp³-hybridized carbons (Fsp3) is 0.458. The van der Waals surface area contributed by atoms with E-state index in [1.807, 2.05) is 13.8 Å². The Hall–Kier alpha value is -3.14. The number of nitrogens with two attached hydrogens (primary N) is 1. The van der Waals surface area contributed by atoms with Gasteiger partial charge in [0.25, 0.3) is 0 Å². The Morgan fingerprint density at radius 1 is 1.09 bits per heavy atom. The standard InChI is InChI=1S/C24H30N2O7S/c1-7-31-23(28)18-17(14-9-10-15(33-12(3)4)16(11-14)30-6)19(24(29)32-8-2)22-26(20(18)25)21(27)13(5)34-22/h9-13,17H,7-8,25H2,1-6H3/t13-,17-/m0/s1. The first-order chi connectivity index (χ1) is 16.2. The van der Waals surface area contributed by atoms with Gasteiger partial charge in [-0.15, -0.1) is 0 Å². The number of esters is 2. The zero-order valence-corrected chi connectivity index (χ0v) is 21.0. The molecule has 1 aromatic carbocycles. The van der Waals surface area contributed by atoms with E-state index < -0.39 is 23.1 Å². The maximum absolute atomic E-state index is 13.2. The number of fused-ring (bicyclic) bond motifs is 1. The summed E-state index contributed by atoms with van der Waals surface area (Å²) in [5.74, 6) is -1.74. The van der Waals surface area contributed by atoms with E-state index in [0.29, 0.717) is 22.1 Å². The van der Waals surface area contributed by atoms with Gasteiger partial charge < -0.3 is 24.7 Å². The number of carbonyl (C=O) groups is 3. The first-order valence-electron chi connectivity index (χ1n) is 11.1. The second-order valence-corrected chi connectivity index (χ2v) is 9.23. The highest BCUT2D eigenvalue weighted by atomic mass is 32.2. The lowest BCUT2D eigenvalue weighted by molar-refractivity contribution is -0.139. The van der Waals surface area contributed by atoms with E-state index in [-0.39, 0.29) is 42.2 Å². The van der Waals surface area contributed by atoms with E-state index in [1.165, 1.54) is 23.8 Å². The van der Waals surface area contributed by atoms with E-state index >= 15 is 0 Å². The van der Waals surface area contributed by atoms with Crippen molar-refractivity contribution in [3.05, 3.63) is 45.8 Å². The fourth-order valence-corrected chi connectivity index (χ4v) is 5.06. The molecule has 0 aliphatic carbocycles. The molecule has 0 saturated carbocycles. The molecule has 2 aliphatic heterocycles. The maximum atomic E-state index is 13.2. The second-order valence-electron chi connectivity index (χ2n) is 7.90. The summed E-state index contributed by atoms with van der Waals surface area (Å²) >= 11 is 1.20. The topological polar surface area (TPSA) is 117 Å². The minimum Gasteiger partial charge on any atom is -0.493 e. The van der Waals surface area contributed by atoms with Gasteiger partial charge >= 0.3 is 11.9 Å². The van der Waals surface area contributed by atoms with Crippen molar-refractivity contribution in [1.29, 1.82) is 0 Å². The summed E-state index contributed by atoms with van der Waals surface area (Å²) in [5, 5.41) is -0.135. The smallest absolute Gasteiger partial charge is 0.338 e. The molecule has 0 bridgehead atoms. The van der Waals surface area contributed by atoms with Gasteiger partial charge in [0, 0.05) is 0 Å². The Labute approximate surface area is 203 Å². The highest BCUT2D eigenvalue weighted by Gasteiger charge is 2.49. The minimum atomic E-state index is -0.933. The van der Waals surface area contributed by atoms with Crippen LogP contribution in [0, 0.1) is 0 Å². The third kappa shape index (κ3) is 4.59. The van der Waals surface area contributed by atoms with E-state index in [1.54, 1.807) is 39.0 Å². The second kappa shape index (κ2) is 10.4. The lowest BCUT2D eigenvalue weighted by Crippen LogP contribution is -2.40. The lowest BCUT2D eigenvalue weighted by atomic mass is 9.82. The average Bonchev–Trinajstić information content (AvgIpc) is 3.08. The number of hydrogen-bond acceptors (Lipinski definition) is 9. The van der Waals surface area contributed by atoms with E-state index in [0.717, 1.165) is 0 Å². The molecule has 1 fully saturated rings. The number of nitrogens with zero attached hydrogens (tertiary/aromatic N) is 1. The SMILES string of the molecule is CCOC(=O)C1=C(N)N2C(=O)[C@H](C)SC2=C(C(=O)OCC)[C@H]1c1ccc(OC(C)C)c(OC)c1. The third-order valence-corrected chi connectivity index (χ3v) is 6.44. The van der Waals surface area contributed by atoms with Crippen LogP contribution in [0.1, 0.15) is 46.1 Å². The molecule has 1 saturated heterocycles. The Balaban J connectivity index is 2.29. The molecule has 3 rings (SSSR count). The van der Waals surface area contributed by atoms with Crippen LogP contribution in [0.3, 0.4) is 0 Å². The summed E-state index contributed by atoms with van der Waals surface area (Å²) in [6.45, 7) is 9.07. The van der Waals surface area contributed by atoms with Gasteiger partial charge in [-0.05, 0) is 52.3 Å². The van der Waals surface area contributed by atoms with Gasteiger partial charge in [0.2, 0.25) is 5.91 Å². The fourth-order valence-electron chi connectivity index (χ4n) is 3.89. The van der Waals surface area contributed by atoms with Crippen LogP contribution < -0.4 is 15.2 Å². The molecule has 2 aliphatic rings. The first kappa shape index (κ1) is 25.5. The van der Waals surface area contributed by atoms with Crippen molar-refractivity contribution in [2.24, 2.45) is 5.73 Å². The van der Waals surface area contributed by atoms with Crippen LogP contribution in [0.4, 0.5) is 0 Å². The number of amides is 1. The van der Waals surface area contributed by atoms with Crippen LogP contribution in [0.5, 0.6) is 11.5 Å². The molecule has 10 heteroatoms. The summed E-state index contributed by atoms with van der Waals surface area (Å²) in [6, 6.07) is 5.13. The number of methoxy groups -OCH3 is 1. The van der Waals surface area contributed by atoms with Crippen LogP contribution in [-0.4, -0.2) is 54.4 Å². The van der Waals surface area contributed by atoms with Gasteiger partial charge in [0.15, 0.2) is 11.5 Å². The van der Waals surface area contributed by atoms with Crippen LogP contribution >= 0.6 is 11.8 Å². The van der Waals surface area contributed by atoms with Crippen molar-refractivity contribution >= 4 is 29.6 Å². The number of carbonyl (C=O) groups excluding carboxylic acids is 3. The molecule has 2 heterocycles. The molecular weight excluding hydrogens is 460 g/mol. The molecule has 2 atom stereocenters. The number of ether oxygens (including phenoxy) is 4. The van der Waals surface area contributed by atoms with Crippen molar-refractivity contribution < 1.29 is 33.3 Å². The summed E-state index contributed by atoms with van der Waals surface area (Å²) in [5.41, 5.74) is 7.10. The normalized spacial score (nSPS) is 20.0. The maximum Gasteiger partial charge on any atom is 0.338 e. The molecule has 1 aromatic rings. The predicted octanol–water partition coefficient (Wildman–Crippen LogP) is 3.05. The number of benzene rings is 1. The molecule has 9 nitrogen and oxygen atoms in total. The van der Waals surface area contributed by atoms with Crippen LogP contribution in [0.15, 0.2) is 40.2 Å². The van der Waals surface area contributed by atoms with E-state index in [4.69, 9.17) is 24.7 Å². The first-order valence-corrected chi connectivity index (χ1v) is 12.0. The van der Waals surface area contributed by atoms with Crippen LogP contribution in [-0.2, 0) is 23.9 Å². The quantitative estimate of drug-likeness (QED) is 0.549. The predicted molar refractivity (Wildman–Crippen MR) is 127 cm³/mol. The Bertz CT molecular complexity index is 1060. The van der Waals surface area contributed by atoms with Crippen molar-refractivity contribution in [2.75, 3.05) is 20.3 Å². The van der Waals surface area contributed by atoms with Crippen molar-refractivity contribution in [3.8, 4) is 11.5 Å². The van der Waals surface area contributed by atoms with Crippen LogP contribution in [0.2, 0.25) is 0 Å². The molecule has 2 N–H and O–H groups in total. The van der Waals surface area contributed by atoms with Crippen molar-refractivity contribution in [1.82, 2.24) is 4.90 Å². The molecule has 1 amide bonds. The van der Waals surface area contributed by atoms with Gasteiger partial charge in [0.1, 0.15) is 5.82 Å². The van der Waals surface area contributed by atoms with Gasteiger partial charge in [-0.25, -0.2) is 9.59 Å². The molecule has 0 spiro atoms. The molecule has 184 valence electrons. The average molecular weight is 491 g/mol. The number of rotatable bonds is 8. The molecule has 0 aromatic heterocycles. The van der Waals surface area contributed by atoms with E-state index in [9.17, 15) is 14.4 Å². The molecule has 0 unspecified atom stereocenters. The Kier molecular flexibility index (Phi) is 7.81. The highest BCUT2D eigenvalue weighted by molar-refractivity contribution is 8.04. The largest absolute Gasteiger partial charge is 0.493 e. The third-order valence-electron chi connectivity index (χ3n) is 5.26. The monoisotopic (exact) mass is 490 g/mol. The summed E-state index contributed by atoms with van der Waals surface area (Å²) in [4.78, 5) is 40.5. The minimum absolute atomic E-state index is 0.00344. The Morgan fingerprint density at radius 2 is 1.71 bits per heavy atom. The molecular formula is C24H30N2O7S. The van der Waals surface area contributed by atoms with E-state index in [2.05, 4.69) is 0 Å². The van der Waals surface area contributed by atoms with Crippen molar-refractivity contribution in [2.45, 2.75) is 51.9 Å². The van der Waals surface area contributed by atoms with Gasteiger partial charge in [-0.3, -0.25) is 9.69 Å². The lowest BCUT2D eigenvalue weighted by Gasteiger charge is -2.33. The molecule has 0 radical (unpaired) electrons. The number of thioether (sulfide) groups is 1. The summed E-state index contributed by atoms with van der Waals surface area (Å²) in [6.07, 6.45) is -0.0896. The van der Waals surface area contributed by atoms with Gasteiger partial charge in [0.05, 0.1) is 53.8 Å². The molecule has 34 heavy (non-hydrogen) atoms. The summed E-state index contributed by atoms with van der Waals surface area (Å²) < 4.78 is 22.0. The summed E-state index contributed by atoms with van der Waals surface area (Å²) in [7, 11) is 1.50. The van der Waals surface area contributed by atoms with Gasteiger partial charge in [-0.2, -0.15) is 0 Å². The van der Waals surface area contributed by atoms with Crippen LogP contribution in [0.25, 0.3) is 0 Å². The van der Waals surface area contributed by atoms with Crippen molar-refractivity contribution in [3.63, 3.8) is 0 Å². The zero-order valence-electron chi connectivity index (χ0n) is 20.2. The van der Waals surface area contributed by atoms with Gasteiger partial charge in [-0.1, -0.05) is 17.8 Å².